The molecule has 0 unspecified atom stereocenters. The van der Waals surface area contributed by atoms with E-state index in [-0.39, 0.29) is 6.61 Å². The Morgan fingerprint density at radius 2 is 1.81 bits per heavy atom. The van der Waals surface area contributed by atoms with Gasteiger partial charge in [0.1, 0.15) is 18.5 Å². The van der Waals surface area contributed by atoms with Crippen molar-refractivity contribution in [2.45, 2.75) is 6.10 Å². The summed E-state index contributed by atoms with van der Waals surface area (Å²) < 4.78 is 5.43. The summed E-state index contributed by atoms with van der Waals surface area (Å²) in [6, 6.07) is 14.8. The second kappa shape index (κ2) is 5.28. The number of para-hydroxylation sites is 1. The van der Waals surface area contributed by atoms with Crippen molar-refractivity contribution in [1.29, 1.82) is 0 Å². The van der Waals surface area contributed by atoms with Gasteiger partial charge in [-0.1, -0.05) is 24.3 Å². The Balaban J connectivity index is 1.92. The van der Waals surface area contributed by atoms with Crippen molar-refractivity contribution in [3.63, 3.8) is 0 Å². The van der Waals surface area contributed by atoms with Gasteiger partial charge in [0.2, 0.25) is 0 Å². The summed E-state index contributed by atoms with van der Waals surface area (Å²) in [7, 11) is 0. The molecule has 2 rings (SSSR count). The van der Waals surface area contributed by atoms with Gasteiger partial charge in [0, 0.05) is 6.20 Å². The fourth-order valence-corrected chi connectivity index (χ4v) is 1.35. The highest BCUT2D eigenvalue weighted by Crippen LogP contribution is 2.13. The van der Waals surface area contributed by atoms with E-state index in [1.54, 1.807) is 12.3 Å². The van der Waals surface area contributed by atoms with Gasteiger partial charge >= 0.3 is 0 Å². The van der Waals surface area contributed by atoms with Crippen molar-refractivity contribution in [3.8, 4) is 5.75 Å². The van der Waals surface area contributed by atoms with E-state index < -0.39 is 6.10 Å². The number of pyridine rings is 1. The van der Waals surface area contributed by atoms with E-state index in [0.717, 1.165) is 5.75 Å². The Hall–Kier alpha value is -1.87. The molecule has 0 saturated carbocycles. The summed E-state index contributed by atoms with van der Waals surface area (Å²) in [6.07, 6.45) is 0.961. The standard InChI is InChI=1S/C13H13NO2/c15-13(12-8-4-5-9-14-12)10-16-11-6-2-1-3-7-11/h1-9,13,15H,10H2/t13-/m1/s1. The van der Waals surface area contributed by atoms with Crippen LogP contribution in [0.1, 0.15) is 11.8 Å². The second-order valence-electron chi connectivity index (χ2n) is 3.39. The number of ether oxygens (including phenoxy) is 1. The molecule has 0 saturated heterocycles. The highest BCUT2D eigenvalue weighted by atomic mass is 16.5. The fraction of sp³-hybridized carbons (Fsp3) is 0.154. The molecule has 1 aromatic heterocycles. The third-order valence-corrected chi connectivity index (χ3v) is 2.18. The number of hydrogen-bond acceptors (Lipinski definition) is 3. The van der Waals surface area contributed by atoms with Crippen LogP contribution in [0.5, 0.6) is 5.75 Å². The SMILES string of the molecule is O[C@H](COc1ccccc1)c1ccccn1. The molecule has 0 aliphatic carbocycles. The zero-order valence-electron chi connectivity index (χ0n) is 8.78. The van der Waals surface area contributed by atoms with E-state index in [0.29, 0.717) is 5.69 Å². The van der Waals surface area contributed by atoms with Crippen LogP contribution in [0, 0.1) is 0 Å². The van der Waals surface area contributed by atoms with Crippen molar-refractivity contribution >= 4 is 0 Å². The Morgan fingerprint density at radius 1 is 1.06 bits per heavy atom. The molecule has 0 aliphatic rings. The third-order valence-electron chi connectivity index (χ3n) is 2.18. The van der Waals surface area contributed by atoms with Crippen LogP contribution in [-0.2, 0) is 0 Å². The lowest BCUT2D eigenvalue weighted by Gasteiger charge is -2.11. The number of benzene rings is 1. The smallest absolute Gasteiger partial charge is 0.130 e. The first-order valence-electron chi connectivity index (χ1n) is 5.13. The summed E-state index contributed by atoms with van der Waals surface area (Å²) in [5.41, 5.74) is 0.624. The predicted molar refractivity (Wildman–Crippen MR) is 61.1 cm³/mol. The number of aliphatic hydroxyl groups is 1. The van der Waals surface area contributed by atoms with Crippen LogP contribution in [0.3, 0.4) is 0 Å². The van der Waals surface area contributed by atoms with Gasteiger partial charge in [-0.2, -0.15) is 0 Å². The Morgan fingerprint density at radius 3 is 2.50 bits per heavy atom. The van der Waals surface area contributed by atoms with Crippen LogP contribution in [0.15, 0.2) is 54.7 Å². The summed E-state index contributed by atoms with van der Waals surface area (Å²) in [4.78, 5) is 4.06. The minimum Gasteiger partial charge on any atom is -0.490 e. The fourth-order valence-electron chi connectivity index (χ4n) is 1.35. The van der Waals surface area contributed by atoms with Gasteiger partial charge in [0.15, 0.2) is 0 Å². The lowest BCUT2D eigenvalue weighted by molar-refractivity contribution is 0.104. The molecule has 2 aromatic rings. The topological polar surface area (TPSA) is 42.4 Å². The van der Waals surface area contributed by atoms with E-state index >= 15 is 0 Å². The molecule has 3 heteroatoms. The van der Waals surface area contributed by atoms with Crippen LogP contribution in [0.4, 0.5) is 0 Å². The minimum atomic E-state index is -0.693. The normalized spacial score (nSPS) is 12.1. The molecule has 1 N–H and O–H groups in total. The number of aromatic nitrogens is 1. The van der Waals surface area contributed by atoms with E-state index in [2.05, 4.69) is 4.98 Å². The number of aliphatic hydroxyl groups excluding tert-OH is 1. The largest absolute Gasteiger partial charge is 0.490 e. The lowest BCUT2D eigenvalue weighted by Crippen LogP contribution is -2.10. The molecule has 0 aliphatic heterocycles. The van der Waals surface area contributed by atoms with Crippen LogP contribution in [-0.4, -0.2) is 16.7 Å². The van der Waals surface area contributed by atoms with Crippen molar-refractivity contribution in [1.82, 2.24) is 4.98 Å². The van der Waals surface area contributed by atoms with Crippen molar-refractivity contribution in [2.75, 3.05) is 6.61 Å². The average molecular weight is 215 g/mol. The molecule has 0 spiro atoms. The van der Waals surface area contributed by atoms with Gasteiger partial charge in [-0.05, 0) is 24.3 Å². The third kappa shape index (κ3) is 2.81. The predicted octanol–water partition coefficient (Wildman–Crippen LogP) is 2.19. The molecule has 1 aromatic carbocycles. The second-order valence-corrected chi connectivity index (χ2v) is 3.39. The quantitative estimate of drug-likeness (QED) is 0.850. The van der Waals surface area contributed by atoms with Crippen LogP contribution >= 0.6 is 0 Å². The van der Waals surface area contributed by atoms with Crippen molar-refractivity contribution in [3.05, 3.63) is 60.4 Å². The molecule has 1 heterocycles. The van der Waals surface area contributed by atoms with Crippen LogP contribution < -0.4 is 4.74 Å². The van der Waals surface area contributed by atoms with Gasteiger partial charge in [-0.3, -0.25) is 4.98 Å². The Kier molecular flexibility index (Phi) is 3.51. The maximum Gasteiger partial charge on any atom is 0.130 e. The van der Waals surface area contributed by atoms with E-state index in [4.69, 9.17) is 4.74 Å². The highest BCUT2D eigenvalue weighted by molar-refractivity contribution is 5.21. The summed E-state index contributed by atoms with van der Waals surface area (Å²) in [5.74, 6) is 0.748. The summed E-state index contributed by atoms with van der Waals surface area (Å²) in [6.45, 7) is 0.209. The first kappa shape index (κ1) is 10.6. The molecule has 82 valence electrons. The minimum absolute atomic E-state index is 0.209. The van der Waals surface area contributed by atoms with Gasteiger partial charge in [0.05, 0.1) is 5.69 Å². The summed E-state index contributed by atoms with van der Waals surface area (Å²) in [5, 5.41) is 9.79. The number of nitrogens with zero attached hydrogens (tertiary/aromatic N) is 1. The molecule has 0 amide bonds. The van der Waals surface area contributed by atoms with Gasteiger partial charge in [-0.15, -0.1) is 0 Å². The molecule has 0 fully saturated rings. The zero-order chi connectivity index (χ0) is 11.2. The number of hydrogen-bond donors (Lipinski definition) is 1. The first-order valence-corrected chi connectivity index (χ1v) is 5.13. The highest BCUT2D eigenvalue weighted by Gasteiger charge is 2.08. The van der Waals surface area contributed by atoms with Crippen LogP contribution in [0.25, 0.3) is 0 Å². The summed E-state index contributed by atoms with van der Waals surface area (Å²) >= 11 is 0. The van der Waals surface area contributed by atoms with Crippen LogP contribution in [0.2, 0.25) is 0 Å². The van der Waals surface area contributed by atoms with Gasteiger partial charge < -0.3 is 9.84 Å². The molecule has 1 atom stereocenters. The Bertz CT molecular complexity index is 416. The molecule has 16 heavy (non-hydrogen) atoms. The van der Waals surface area contributed by atoms with E-state index in [1.807, 2.05) is 42.5 Å². The Labute approximate surface area is 94.3 Å². The average Bonchev–Trinajstić information content (AvgIpc) is 2.38. The van der Waals surface area contributed by atoms with E-state index in [1.165, 1.54) is 0 Å². The lowest BCUT2D eigenvalue weighted by atomic mass is 10.2. The molecule has 0 radical (unpaired) electrons. The van der Waals surface area contributed by atoms with E-state index in [9.17, 15) is 5.11 Å². The molecule has 0 bridgehead atoms. The first-order chi connectivity index (χ1) is 7.86. The number of rotatable bonds is 4. The monoisotopic (exact) mass is 215 g/mol. The van der Waals surface area contributed by atoms with Gasteiger partial charge in [-0.25, -0.2) is 0 Å². The maximum atomic E-state index is 9.79. The van der Waals surface area contributed by atoms with Crippen molar-refractivity contribution in [2.24, 2.45) is 0 Å². The van der Waals surface area contributed by atoms with Crippen molar-refractivity contribution < 1.29 is 9.84 Å². The zero-order valence-corrected chi connectivity index (χ0v) is 8.78. The van der Waals surface area contributed by atoms with Gasteiger partial charge in [0.25, 0.3) is 0 Å². The molecule has 3 nitrogen and oxygen atoms in total. The maximum absolute atomic E-state index is 9.79. The molecular weight excluding hydrogens is 202 g/mol. The molecular formula is C13H13NO2.